The summed E-state index contributed by atoms with van der Waals surface area (Å²) >= 11 is 17.7. The standard InChI is InChI=1S/C12H11Cl3N2O2/c1-2-17-9-4-3-7(6-10(18)19)5-8(9)16-11(17)12(13,14)15/h3-5H,2,6H2,1H3,(H,18,19). The van der Waals surface area contributed by atoms with Gasteiger partial charge in [0.1, 0.15) is 0 Å². The van der Waals surface area contributed by atoms with Crippen molar-refractivity contribution in [2.45, 2.75) is 23.7 Å². The highest BCUT2D eigenvalue weighted by molar-refractivity contribution is 6.66. The van der Waals surface area contributed by atoms with Gasteiger partial charge in [-0.1, -0.05) is 40.9 Å². The summed E-state index contributed by atoms with van der Waals surface area (Å²) in [5, 5.41) is 8.79. The Morgan fingerprint density at radius 1 is 1.42 bits per heavy atom. The first-order valence-electron chi connectivity index (χ1n) is 5.61. The molecule has 1 N–H and O–H groups in total. The number of fused-ring (bicyclic) bond motifs is 1. The van der Waals surface area contributed by atoms with Crippen LogP contribution in [0.4, 0.5) is 0 Å². The Kier molecular flexibility index (Phi) is 3.95. The molecule has 0 amide bonds. The largest absolute Gasteiger partial charge is 0.481 e. The zero-order valence-corrected chi connectivity index (χ0v) is 12.3. The van der Waals surface area contributed by atoms with Gasteiger partial charge in [-0.25, -0.2) is 4.98 Å². The third kappa shape index (κ3) is 2.96. The number of hydrogen-bond acceptors (Lipinski definition) is 2. The number of alkyl halides is 3. The van der Waals surface area contributed by atoms with Crippen LogP contribution in [-0.2, 0) is 21.6 Å². The van der Waals surface area contributed by atoms with Gasteiger partial charge in [-0.3, -0.25) is 4.79 Å². The maximum Gasteiger partial charge on any atom is 0.307 e. The van der Waals surface area contributed by atoms with Gasteiger partial charge in [-0.05, 0) is 24.6 Å². The molecule has 0 radical (unpaired) electrons. The molecule has 102 valence electrons. The molecule has 2 rings (SSSR count). The van der Waals surface area contributed by atoms with Crippen LogP contribution in [0.1, 0.15) is 18.3 Å². The molecule has 7 heteroatoms. The molecular weight excluding hydrogens is 311 g/mol. The minimum atomic E-state index is -1.61. The van der Waals surface area contributed by atoms with Crippen molar-refractivity contribution in [2.24, 2.45) is 0 Å². The molecule has 0 saturated carbocycles. The second kappa shape index (κ2) is 5.19. The molecule has 2 aromatic rings. The van der Waals surface area contributed by atoms with E-state index in [-0.39, 0.29) is 6.42 Å². The second-order valence-electron chi connectivity index (χ2n) is 4.07. The van der Waals surface area contributed by atoms with E-state index < -0.39 is 9.76 Å². The fourth-order valence-corrected chi connectivity index (χ4v) is 2.43. The number of benzene rings is 1. The van der Waals surface area contributed by atoms with Crippen LogP contribution in [0.25, 0.3) is 11.0 Å². The molecule has 0 aliphatic heterocycles. The molecular formula is C12H11Cl3N2O2. The maximum absolute atomic E-state index is 10.7. The lowest BCUT2D eigenvalue weighted by atomic mass is 10.1. The number of imidazole rings is 1. The van der Waals surface area contributed by atoms with Gasteiger partial charge >= 0.3 is 5.97 Å². The minimum Gasteiger partial charge on any atom is -0.481 e. The van der Waals surface area contributed by atoms with Crippen LogP contribution in [0, 0.1) is 0 Å². The molecule has 0 bridgehead atoms. The van der Waals surface area contributed by atoms with Crippen LogP contribution in [0.3, 0.4) is 0 Å². The number of carboxylic acids is 1. The molecule has 0 aliphatic rings. The Labute approximate surface area is 124 Å². The molecule has 0 fully saturated rings. The normalized spacial score (nSPS) is 12.0. The molecule has 0 aliphatic carbocycles. The summed E-state index contributed by atoms with van der Waals surface area (Å²) in [6.07, 6.45) is -0.0575. The lowest BCUT2D eigenvalue weighted by molar-refractivity contribution is -0.136. The monoisotopic (exact) mass is 320 g/mol. The van der Waals surface area contributed by atoms with Crippen molar-refractivity contribution in [2.75, 3.05) is 0 Å². The summed E-state index contributed by atoms with van der Waals surface area (Å²) in [4.78, 5) is 15.0. The zero-order valence-electron chi connectivity index (χ0n) is 10.0. The van der Waals surface area contributed by atoms with Gasteiger partial charge in [-0.15, -0.1) is 0 Å². The number of rotatable bonds is 3. The van der Waals surface area contributed by atoms with Gasteiger partial charge < -0.3 is 9.67 Å². The number of hydrogen-bond donors (Lipinski definition) is 1. The fraction of sp³-hybridized carbons (Fsp3) is 0.333. The van der Waals surface area contributed by atoms with Gasteiger partial charge in [0.2, 0.25) is 3.79 Å². The van der Waals surface area contributed by atoms with Crippen LogP contribution in [-0.4, -0.2) is 20.6 Å². The van der Waals surface area contributed by atoms with Crippen LogP contribution in [0.5, 0.6) is 0 Å². The highest BCUT2D eigenvalue weighted by Crippen LogP contribution is 2.39. The van der Waals surface area contributed by atoms with E-state index in [1.165, 1.54) is 0 Å². The van der Waals surface area contributed by atoms with E-state index in [4.69, 9.17) is 39.9 Å². The number of halogens is 3. The number of carboxylic acid groups (broad SMARTS) is 1. The summed E-state index contributed by atoms with van der Waals surface area (Å²) in [5.41, 5.74) is 2.11. The van der Waals surface area contributed by atoms with Gasteiger partial charge in [0.25, 0.3) is 0 Å². The van der Waals surface area contributed by atoms with Crippen LogP contribution in [0.15, 0.2) is 18.2 Å². The first-order valence-corrected chi connectivity index (χ1v) is 6.74. The van der Waals surface area contributed by atoms with Gasteiger partial charge in [-0.2, -0.15) is 0 Å². The van der Waals surface area contributed by atoms with Crippen molar-refractivity contribution >= 4 is 51.8 Å². The van der Waals surface area contributed by atoms with Crippen LogP contribution < -0.4 is 0 Å². The average molecular weight is 322 g/mol. The highest BCUT2D eigenvalue weighted by Gasteiger charge is 2.30. The van der Waals surface area contributed by atoms with E-state index in [0.29, 0.717) is 23.4 Å². The van der Waals surface area contributed by atoms with Crippen molar-refractivity contribution in [1.82, 2.24) is 9.55 Å². The third-order valence-electron chi connectivity index (χ3n) is 2.74. The molecule has 4 nitrogen and oxygen atoms in total. The van der Waals surface area contributed by atoms with Crippen LogP contribution in [0.2, 0.25) is 0 Å². The quantitative estimate of drug-likeness (QED) is 0.880. The summed E-state index contributed by atoms with van der Waals surface area (Å²) in [6, 6.07) is 5.24. The predicted octanol–water partition coefficient (Wildman–Crippen LogP) is 3.51. The van der Waals surface area contributed by atoms with E-state index in [0.717, 1.165) is 5.52 Å². The van der Waals surface area contributed by atoms with E-state index in [9.17, 15) is 4.79 Å². The lowest BCUT2D eigenvalue weighted by Crippen LogP contribution is -2.10. The fourth-order valence-electron chi connectivity index (χ4n) is 2.00. The summed E-state index contributed by atoms with van der Waals surface area (Å²) < 4.78 is 0.189. The predicted molar refractivity (Wildman–Crippen MR) is 76.0 cm³/mol. The Hall–Kier alpha value is -0.970. The minimum absolute atomic E-state index is 0.0575. The molecule has 0 saturated heterocycles. The second-order valence-corrected chi connectivity index (χ2v) is 6.35. The van der Waals surface area contributed by atoms with E-state index in [1.807, 2.05) is 6.92 Å². The highest BCUT2D eigenvalue weighted by atomic mass is 35.6. The van der Waals surface area contributed by atoms with E-state index >= 15 is 0 Å². The van der Waals surface area contributed by atoms with Gasteiger partial charge in [0.05, 0.1) is 17.5 Å². The van der Waals surface area contributed by atoms with Gasteiger partial charge in [0.15, 0.2) is 5.82 Å². The van der Waals surface area contributed by atoms with Crippen LogP contribution >= 0.6 is 34.8 Å². The Morgan fingerprint density at radius 2 is 2.11 bits per heavy atom. The molecule has 1 aromatic carbocycles. The summed E-state index contributed by atoms with van der Waals surface area (Å²) in [6.45, 7) is 2.53. The van der Waals surface area contributed by atoms with Crippen molar-refractivity contribution in [1.29, 1.82) is 0 Å². The molecule has 1 aromatic heterocycles. The Morgan fingerprint density at radius 3 is 2.63 bits per heavy atom. The Balaban J connectivity index is 2.59. The molecule has 1 heterocycles. The summed E-state index contributed by atoms with van der Waals surface area (Å²) in [5.74, 6) is -0.557. The molecule has 19 heavy (non-hydrogen) atoms. The Bertz CT molecular complexity index is 632. The number of aryl methyl sites for hydroxylation is 1. The molecule has 0 spiro atoms. The smallest absolute Gasteiger partial charge is 0.307 e. The SMILES string of the molecule is CCn1c(C(Cl)(Cl)Cl)nc2cc(CC(=O)O)ccc21. The van der Waals surface area contributed by atoms with Gasteiger partial charge in [0, 0.05) is 6.54 Å². The molecule has 0 unspecified atom stereocenters. The number of carbonyl (C=O) groups is 1. The topological polar surface area (TPSA) is 55.1 Å². The van der Waals surface area contributed by atoms with E-state index in [2.05, 4.69) is 4.98 Å². The maximum atomic E-state index is 10.7. The first-order chi connectivity index (χ1) is 8.82. The first kappa shape index (κ1) is 14.4. The van der Waals surface area contributed by atoms with Crippen molar-refractivity contribution in [3.8, 4) is 0 Å². The number of aromatic nitrogens is 2. The van der Waals surface area contributed by atoms with Crippen molar-refractivity contribution < 1.29 is 9.90 Å². The number of nitrogens with zero attached hydrogens (tertiary/aromatic N) is 2. The van der Waals surface area contributed by atoms with E-state index in [1.54, 1.807) is 22.8 Å². The summed E-state index contributed by atoms with van der Waals surface area (Å²) in [7, 11) is 0. The molecule has 0 atom stereocenters. The van der Waals surface area contributed by atoms with Crippen molar-refractivity contribution in [3.05, 3.63) is 29.6 Å². The third-order valence-corrected chi connectivity index (χ3v) is 3.24. The zero-order chi connectivity index (χ0) is 14.2. The average Bonchev–Trinajstić information content (AvgIpc) is 2.65. The lowest BCUT2D eigenvalue weighted by Gasteiger charge is -2.12. The number of aliphatic carboxylic acids is 1. The van der Waals surface area contributed by atoms with Crippen molar-refractivity contribution in [3.63, 3.8) is 0 Å².